The first-order valence-corrected chi connectivity index (χ1v) is 6.96. The number of rotatable bonds is 4. The fourth-order valence-electron chi connectivity index (χ4n) is 2.93. The first-order chi connectivity index (χ1) is 7.88. The molecule has 0 radical (unpaired) electrons. The van der Waals surface area contributed by atoms with Crippen molar-refractivity contribution in [2.24, 2.45) is 11.3 Å². The van der Waals surface area contributed by atoms with Gasteiger partial charge in [-0.3, -0.25) is 10.1 Å². The molecule has 1 aliphatic carbocycles. The van der Waals surface area contributed by atoms with E-state index in [-0.39, 0.29) is 12.2 Å². The first-order valence-electron chi connectivity index (χ1n) is 6.96. The molecule has 1 N–H and O–H groups in total. The van der Waals surface area contributed by atoms with Crippen LogP contribution in [-0.2, 0) is 4.79 Å². The number of nitrogens with zero attached hydrogens (tertiary/aromatic N) is 1. The number of carbonyl (C=O) groups is 1. The summed E-state index contributed by atoms with van der Waals surface area (Å²) >= 11 is 0. The molecule has 2 aliphatic rings. The van der Waals surface area contributed by atoms with Gasteiger partial charge in [-0.15, -0.1) is 0 Å². The van der Waals surface area contributed by atoms with E-state index in [1.165, 1.54) is 0 Å². The van der Waals surface area contributed by atoms with Gasteiger partial charge in [-0.1, -0.05) is 41.0 Å². The van der Waals surface area contributed by atoms with Gasteiger partial charge in [-0.05, 0) is 24.2 Å². The van der Waals surface area contributed by atoms with Crippen molar-refractivity contribution >= 4 is 5.91 Å². The fraction of sp³-hybridized carbons (Fsp3) is 0.929. The molecule has 2 rings (SSSR count). The maximum Gasteiger partial charge on any atom is 0.241 e. The van der Waals surface area contributed by atoms with Gasteiger partial charge < -0.3 is 4.90 Å². The minimum absolute atomic E-state index is 0.0305. The van der Waals surface area contributed by atoms with E-state index in [1.807, 2.05) is 0 Å². The number of hydrogen-bond acceptors (Lipinski definition) is 2. The molecule has 0 aromatic heterocycles. The van der Waals surface area contributed by atoms with Gasteiger partial charge >= 0.3 is 0 Å². The molecule has 2 fully saturated rings. The van der Waals surface area contributed by atoms with Gasteiger partial charge in [0.05, 0.1) is 12.2 Å². The molecule has 1 heterocycles. The molecule has 1 saturated carbocycles. The van der Waals surface area contributed by atoms with Crippen molar-refractivity contribution < 1.29 is 4.79 Å². The summed E-state index contributed by atoms with van der Waals surface area (Å²) in [6, 6.07) is 0.491. The van der Waals surface area contributed by atoms with Gasteiger partial charge in [0.1, 0.15) is 0 Å². The topological polar surface area (TPSA) is 32.3 Å². The SMILES string of the molecule is CCCC1NC(C(C)C)C(=O)N1C1CC1(C)C. The molecular weight excluding hydrogens is 212 g/mol. The number of amides is 1. The summed E-state index contributed by atoms with van der Waals surface area (Å²) in [5, 5.41) is 3.53. The average Bonchev–Trinajstić information content (AvgIpc) is 2.68. The zero-order valence-electron chi connectivity index (χ0n) is 11.8. The van der Waals surface area contributed by atoms with Crippen LogP contribution in [0.3, 0.4) is 0 Å². The molecule has 0 spiro atoms. The van der Waals surface area contributed by atoms with Gasteiger partial charge in [0.25, 0.3) is 0 Å². The van der Waals surface area contributed by atoms with Gasteiger partial charge in [-0.2, -0.15) is 0 Å². The van der Waals surface area contributed by atoms with Crippen LogP contribution in [0.15, 0.2) is 0 Å². The lowest BCUT2D eigenvalue weighted by Gasteiger charge is -2.25. The quantitative estimate of drug-likeness (QED) is 0.815. The van der Waals surface area contributed by atoms with E-state index in [9.17, 15) is 4.79 Å². The van der Waals surface area contributed by atoms with Crippen LogP contribution < -0.4 is 5.32 Å². The highest BCUT2D eigenvalue weighted by Gasteiger charge is 2.56. The second kappa shape index (κ2) is 4.27. The Labute approximate surface area is 105 Å². The van der Waals surface area contributed by atoms with Crippen molar-refractivity contribution in [3.63, 3.8) is 0 Å². The lowest BCUT2D eigenvalue weighted by atomic mass is 10.0. The van der Waals surface area contributed by atoms with E-state index < -0.39 is 0 Å². The van der Waals surface area contributed by atoms with Crippen molar-refractivity contribution in [3.8, 4) is 0 Å². The lowest BCUT2D eigenvalue weighted by molar-refractivity contribution is -0.131. The molecule has 1 saturated heterocycles. The molecule has 0 aromatic carbocycles. The molecule has 3 unspecified atom stereocenters. The zero-order valence-corrected chi connectivity index (χ0v) is 11.8. The Morgan fingerprint density at radius 3 is 2.47 bits per heavy atom. The van der Waals surface area contributed by atoms with E-state index in [4.69, 9.17) is 0 Å². The van der Waals surface area contributed by atoms with Crippen molar-refractivity contribution in [1.82, 2.24) is 10.2 Å². The minimum Gasteiger partial charge on any atom is -0.322 e. The number of carbonyl (C=O) groups excluding carboxylic acids is 1. The second-order valence-electron chi connectivity index (χ2n) is 6.65. The summed E-state index contributed by atoms with van der Waals surface area (Å²) in [6.07, 6.45) is 3.62. The highest BCUT2D eigenvalue weighted by Crippen LogP contribution is 2.50. The second-order valence-corrected chi connectivity index (χ2v) is 6.65. The Bertz CT molecular complexity index is 311. The summed E-state index contributed by atoms with van der Waals surface area (Å²) in [5.74, 6) is 0.711. The monoisotopic (exact) mass is 238 g/mol. The Balaban J connectivity index is 2.13. The Morgan fingerprint density at radius 1 is 1.47 bits per heavy atom. The van der Waals surface area contributed by atoms with Crippen LogP contribution in [0.4, 0.5) is 0 Å². The highest BCUT2D eigenvalue weighted by atomic mass is 16.2. The van der Waals surface area contributed by atoms with Crippen molar-refractivity contribution in [2.45, 2.75) is 72.1 Å². The molecule has 3 atom stereocenters. The zero-order chi connectivity index (χ0) is 12.8. The van der Waals surface area contributed by atoms with Gasteiger partial charge in [-0.25, -0.2) is 0 Å². The molecule has 3 nitrogen and oxygen atoms in total. The molecule has 0 aromatic rings. The minimum atomic E-state index is 0.0305. The third-order valence-electron chi connectivity index (χ3n) is 4.25. The van der Waals surface area contributed by atoms with Crippen molar-refractivity contribution in [1.29, 1.82) is 0 Å². The highest BCUT2D eigenvalue weighted by molar-refractivity contribution is 5.85. The summed E-state index contributed by atoms with van der Waals surface area (Å²) in [5.41, 5.74) is 0.329. The predicted molar refractivity (Wildman–Crippen MR) is 69.5 cm³/mol. The number of nitrogens with one attached hydrogen (secondary N) is 1. The molecule has 0 bridgehead atoms. The lowest BCUT2D eigenvalue weighted by Crippen LogP contribution is -2.40. The van der Waals surface area contributed by atoms with E-state index >= 15 is 0 Å². The molecular formula is C14H26N2O. The van der Waals surface area contributed by atoms with Crippen LogP contribution in [0.2, 0.25) is 0 Å². The van der Waals surface area contributed by atoms with Gasteiger partial charge in [0.15, 0.2) is 0 Å². The van der Waals surface area contributed by atoms with E-state index in [0.29, 0.717) is 23.3 Å². The maximum absolute atomic E-state index is 12.5. The number of hydrogen-bond donors (Lipinski definition) is 1. The van der Waals surface area contributed by atoms with Crippen LogP contribution in [0.25, 0.3) is 0 Å². The molecule has 1 amide bonds. The first kappa shape index (κ1) is 12.9. The summed E-state index contributed by atoms with van der Waals surface area (Å²) < 4.78 is 0. The molecule has 17 heavy (non-hydrogen) atoms. The smallest absolute Gasteiger partial charge is 0.241 e. The predicted octanol–water partition coefficient (Wildman–Crippen LogP) is 2.37. The molecule has 98 valence electrons. The van der Waals surface area contributed by atoms with Gasteiger partial charge in [0, 0.05) is 6.04 Å². The summed E-state index contributed by atoms with van der Waals surface area (Å²) in [6.45, 7) is 11.0. The van der Waals surface area contributed by atoms with Crippen molar-refractivity contribution in [3.05, 3.63) is 0 Å². The molecule has 3 heteroatoms. The van der Waals surface area contributed by atoms with Crippen LogP contribution >= 0.6 is 0 Å². The summed E-state index contributed by atoms with van der Waals surface area (Å²) in [4.78, 5) is 14.6. The van der Waals surface area contributed by atoms with Crippen LogP contribution in [0.1, 0.15) is 53.9 Å². The molecule has 1 aliphatic heterocycles. The fourth-order valence-corrected chi connectivity index (χ4v) is 2.93. The van der Waals surface area contributed by atoms with Crippen LogP contribution in [0, 0.1) is 11.3 Å². The third-order valence-corrected chi connectivity index (χ3v) is 4.25. The Hall–Kier alpha value is -0.570. The average molecular weight is 238 g/mol. The summed E-state index contributed by atoms with van der Waals surface area (Å²) in [7, 11) is 0. The normalized spacial score (nSPS) is 35.8. The third kappa shape index (κ3) is 2.22. The van der Waals surface area contributed by atoms with E-state index in [1.54, 1.807) is 0 Å². The van der Waals surface area contributed by atoms with Crippen LogP contribution in [0.5, 0.6) is 0 Å². The van der Waals surface area contributed by atoms with Crippen LogP contribution in [-0.4, -0.2) is 29.1 Å². The largest absolute Gasteiger partial charge is 0.322 e. The standard InChI is InChI=1S/C14H26N2O/c1-6-7-11-15-12(9(2)3)13(17)16(11)10-8-14(10,4)5/h9-12,15H,6-8H2,1-5H3. The Kier molecular flexibility index (Phi) is 3.23. The Morgan fingerprint density at radius 2 is 2.06 bits per heavy atom. The maximum atomic E-state index is 12.5. The van der Waals surface area contributed by atoms with E-state index in [2.05, 4.69) is 44.8 Å². The van der Waals surface area contributed by atoms with Gasteiger partial charge in [0.2, 0.25) is 5.91 Å². The van der Waals surface area contributed by atoms with Crippen molar-refractivity contribution in [2.75, 3.05) is 0 Å². The van der Waals surface area contributed by atoms with E-state index in [0.717, 1.165) is 19.3 Å².